The normalized spacial score (nSPS) is 21.3. The van der Waals surface area contributed by atoms with E-state index >= 15 is 0 Å². The Morgan fingerprint density at radius 1 is 1.04 bits per heavy atom. The fraction of sp³-hybridized carbons (Fsp3) is 0.176. The molecule has 0 unspecified atom stereocenters. The topological polar surface area (TPSA) is 63.7 Å². The summed E-state index contributed by atoms with van der Waals surface area (Å²) >= 11 is 0. The van der Waals surface area contributed by atoms with E-state index in [0.29, 0.717) is 17.0 Å². The number of hydrogen-bond acceptors (Lipinski definition) is 4. The molecule has 0 aliphatic carbocycles. The first-order valence-electron chi connectivity index (χ1n) is 7.05. The zero-order valence-corrected chi connectivity index (χ0v) is 13.3. The number of rotatable bonds is 3. The first-order chi connectivity index (χ1) is 11.1. The molecule has 0 N–H and O–H groups in total. The number of ether oxygens (including phenoxy) is 1. The largest absolute Gasteiger partial charge is 0.497 e. The maximum absolute atomic E-state index is 12.8. The highest BCUT2D eigenvalue weighted by atomic mass is 32.2. The quantitative estimate of drug-likeness (QED) is 0.809. The highest BCUT2D eigenvalue weighted by Gasteiger charge is 2.41. The number of nitrogens with zero attached hydrogens (tertiary/aromatic N) is 1. The molecule has 1 fully saturated rings. The minimum Gasteiger partial charge on any atom is -0.497 e. The molecular weight excluding hydrogens is 314 g/mol. The fourth-order valence-electron chi connectivity index (χ4n) is 2.55. The van der Waals surface area contributed by atoms with Gasteiger partial charge in [0.1, 0.15) is 16.8 Å². The zero-order valence-electron chi connectivity index (χ0n) is 12.5. The SMILES string of the molecule is COc1ccc(N2C(=O)C[S@](=O)[C@H](c3ccccc3)C2=O)cc1. The summed E-state index contributed by atoms with van der Waals surface area (Å²) in [5.41, 5.74) is 1.11. The van der Waals surface area contributed by atoms with Crippen molar-refractivity contribution in [1.82, 2.24) is 0 Å². The summed E-state index contributed by atoms with van der Waals surface area (Å²) in [6.45, 7) is 0. The molecule has 2 amide bonds. The number of anilines is 1. The van der Waals surface area contributed by atoms with Crippen LogP contribution < -0.4 is 9.64 Å². The minimum absolute atomic E-state index is 0.169. The van der Waals surface area contributed by atoms with Crippen LogP contribution in [0.5, 0.6) is 5.75 Å². The van der Waals surface area contributed by atoms with E-state index in [1.54, 1.807) is 55.6 Å². The molecule has 0 aromatic heterocycles. The molecule has 6 heteroatoms. The van der Waals surface area contributed by atoms with Crippen LogP contribution in [0.4, 0.5) is 5.69 Å². The van der Waals surface area contributed by atoms with Gasteiger partial charge in [-0.15, -0.1) is 0 Å². The molecule has 3 rings (SSSR count). The highest BCUT2D eigenvalue weighted by molar-refractivity contribution is 7.87. The molecule has 118 valence electrons. The number of imide groups is 1. The third-order valence-corrected chi connectivity index (χ3v) is 5.19. The van der Waals surface area contributed by atoms with E-state index in [1.165, 1.54) is 0 Å². The maximum Gasteiger partial charge on any atom is 0.254 e. The van der Waals surface area contributed by atoms with Gasteiger partial charge in [0.2, 0.25) is 5.91 Å². The molecule has 0 bridgehead atoms. The Morgan fingerprint density at radius 3 is 2.30 bits per heavy atom. The molecule has 2 aromatic rings. The van der Waals surface area contributed by atoms with Crippen LogP contribution in [0.1, 0.15) is 10.8 Å². The number of carbonyl (C=O) groups is 2. The molecule has 0 spiro atoms. The van der Waals surface area contributed by atoms with E-state index in [0.717, 1.165) is 4.90 Å². The van der Waals surface area contributed by atoms with Gasteiger partial charge < -0.3 is 4.74 Å². The van der Waals surface area contributed by atoms with Gasteiger partial charge in [-0.1, -0.05) is 30.3 Å². The van der Waals surface area contributed by atoms with Crippen LogP contribution in [0.3, 0.4) is 0 Å². The van der Waals surface area contributed by atoms with Crippen molar-refractivity contribution in [3.05, 3.63) is 60.2 Å². The highest BCUT2D eigenvalue weighted by Crippen LogP contribution is 2.31. The van der Waals surface area contributed by atoms with Crippen LogP contribution in [-0.2, 0) is 20.4 Å². The minimum atomic E-state index is -1.56. The molecule has 0 saturated carbocycles. The Bertz CT molecular complexity index is 758. The van der Waals surface area contributed by atoms with Crippen molar-refractivity contribution in [3.63, 3.8) is 0 Å². The second-order valence-corrected chi connectivity index (χ2v) is 6.60. The van der Waals surface area contributed by atoms with Gasteiger partial charge in [0.05, 0.1) is 12.8 Å². The van der Waals surface area contributed by atoms with E-state index in [9.17, 15) is 13.8 Å². The Hall–Kier alpha value is -2.47. The van der Waals surface area contributed by atoms with Crippen LogP contribution in [0.2, 0.25) is 0 Å². The Balaban J connectivity index is 1.98. The molecule has 5 nitrogen and oxygen atoms in total. The summed E-state index contributed by atoms with van der Waals surface area (Å²) in [7, 11) is -0.0126. The van der Waals surface area contributed by atoms with E-state index in [-0.39, 0.29) is 5.75 Å². The second-order valence-electron chi connectivity index (χ2n) is 5.08. The zero-order chi connectivity index (χ0) is 16.4. The van der Waals surface area contributed by atoms with Gasteiger partial charge in [-0.25, -0.2) is 4.90 Å². The van der Waals surface area contributed by atoms with Gasteiger partial charge in [-0.3, -0.25) is 13.8 Å². The molecule has 2 aromatic carbocycles. The molecule has 1 heterocycles. The summed E-state index contributed by atoms with van der Waals surface area (Å²) in [5, 5.41) is -0.823. The Labute approximate surface area is 136 Å². The van der Waals surface area contributed by atoms with E-state index in [1.807, 2.05) is 6.07 Å². The number of carbonyl (C=O) groups excluding carboxylic acids is 2. The van der Waals surface area contributed by atoms with Gasteiger partial charge in [0.15, 0.2) is 0 Å². The van der Waals surface area contributed by atoms with E-state index in [4.69, 9.17) is 4.74 Å². The molecule has 1 saturated heterocycles. The summed E-state index contributed by atoms with van der Waals surface area (Å²) in [5.74, 6) is -0.451. The number of amides is 2. The van der Waals surface area contributed by atoms with Crippen LogP contribution in [0.15, 0.2) is 54.6 Å². The first kappa shape index (κ1) is 15.4. The molecule has 1 aliphatic rings. The lowest BCUT2D eigenvalue weighted by Gasteiger charge is -2.30. The van der Waals surface area contributed by atoms with Gasteiger partial charge >= 0.3 is 0 Å². The van der Waals surface area contributed by atoms with Crippen molar-refractivity contribution in [1.29, 1.82) is 0 Å². The van der Waals surface area contributed by atoms with Crippen molar-refractivity contribution >= 4 is 28.3 Å². The smallest absolute Gasteiger partial charge is 0.254 e. The van der Waals surface area contributed by atoms with Gasteiger partial charge in [0, 0.05) is 10.8 Å². The lowest BCUT2D eigenvalue weighted by Crippen LogP contribution is -2.49. The summed E-state index contributed by atoms with van der Waals surface area (Å²) in [6, 6.07) is 15.5. The Kier molecular flexibility index (Phi) is 4.25. The first-order valence-corrected chi connectivity index (χ1v) is 8.43. The third-order valence-electron chi connectivity index (χ3n) is 3.66. The van der Waals surface area contributed by atoms with Crippen LogP contribution >= 0.6 is 0 Å². The molecule has 1 aliphatic heterocycles. The van der Waals surface area contributed by atoms with E-state index in [2.05, 4.69) is 0 Å². The second kappa shape index (κ2) is 6.34. The number of methoxy groups -OCH3 is 1. The van der Waals surface area contributed by atoms with Crippen molar-refractivity contribution < 1.29 is 18.5 Å². The summed E-state index contributed by atoms with van der Waals surface area (Å²) in [4.78, 5) is 26.1. The summed E-state index contributed by atoms with van der Waals surface area (Å²) < 4.78 is 17.4. The van der Waals surface area contributed by atoms with Crippen LogP contribution in [-0.4, -0.2) is 28.9 Å². The number of benzene rings is 2. The standard InChI is InChI=1S/C17H15NO4S/c1-22-14-9-7-13(8-10-14)18-15(19)11-23(21)16(17(18)20)12-5-3-2-4-6-12/h2-10,16H,11H2,1H3/t16-,23+/m1/s1. The van der Waals surface area contributed by atoms with Gasteiger partial charge in [0.25, 0.3) is 5.91 Å². The Morgan fingerprint density at radius 2 is 1.70 bits per heavy atom. The molecular formula is C17H15NO4S. The molecule has 23 heavy (non-hydrogen) atoms. The summed E-state index contributed by atoms with van der Waals surface area (Å²) in [6.07, 6.45) is 0. The average Bonchev–Trinajstić information content (AvgIpc) is 2.56. The lowest BCUT2D eigenvalue weighted by molar-refractivity contribution is -0.125. The van der Waals surface area contributed by atoms with Crippen molar-refractivity contribution in [2.24, 2.45) is 0 Å². The molecule has 0 radical (unpaired) electrons. The predicted molar refractivity (Wildman–Crippen MR) is 87.7 cm³/mol. The molecule has 2 atom stereocenters. The van der Waals surface area contributed by atoms with Gasteiger partial charge in [-0.05, 0) is 29.8 Å². The van der Waals surface area contributed by atoms with Crippen LogP contribution in [0.25, 0.3) is 0 Å². The van der Waals surface area contributed by atoms with Crippen molar-refractivity contribution in [3.8, 4) is 5.75 Å². The van der Waals surface area contributed by atoms with Crippen LogP contribution in [0, 0.1) is 0 Å². The predicted octanol–water partition coefficient (Wildman–Crippen LogP) is 2.06. The van der Waals surface area contributed by atoms with Gasteiger partial charge in [-0.2, -0.15) is 0 Å². The van der Waals surface area contributed by atoms with Crippen molar-refractivity contribution in [2.45, 2.75) is 5.25 Å². The van der Waals surface area contributed by atoms with E-state index < -0.39 is 27.9 Å². The van der Waals surface area contributed by atoms with Crippen molar-refractivity contribution in [2.75, 3.05) is 17.8 Å². The average molecular weight is 329 g/mol. The maximum atomic E-state index is 12.8. The lowest BCUT2D eigenvalue weighted by atomic mass is 10.1. The third kappa shape index (κ3) is 2.90. The monoisotopic (exact) mass is 329 g/mol. The fourth-order valence-corrected chi connectivity index (χ4v) is 3.88. The number of hydrogen-bond donors (Lipinski definition) is 0.